The zero-order valence-electron chi connectivity index (χ0n) is 13.6. The molecule has 2 unspecified atom stereocenters. The minimum atomic E-state index is -1.58. The van der Waals surface area contributed by atoms with Crippen LogP contribution in [0.1, 0.15) is 12.0 Å². The Morgan fingerprint density at radius 3 is 2.54 bits per heavy atom. The first kappa shape index (κ1) is 18.5. The fourth-order valence-electron chi connectivity index (χ4n) is 2.64. The average Bonchev–Trinajstić information content (AvgIpc) is 2.70. The summed E-state index contributed by atoms with van der Waals surface area (Å²) in [6.07, 6.45) is 5.71. The molecular weight excluding hydrogens is 336 g/mol. The summed E-state index contributed by atoms with van der Waals surface area (Å²) < 4.78 is 5.20. The van der Waals surface area contributed by atoms with Crippen LogP contribution < -0.4 is 4.74 Å². The number of hydrogen-bond donors (Lipinski definition) is 0. The van der Waals surface area contributed by atoms with Crippen molar-refractivity contribution in [2.24, 2.45) is 21.3 Å². The molecule has 0 saturated carbocycles. The van der Waals surface area contributed by atoms with Gasteiger partial charge in [-0.15, -0.1) is 4.91 Å². The van der Waals surface area contributed by atoms with Crippen molar-refractivity contribution in [3.63, 3.8) is 0 Å². The van der Waals surface area contributed by atoms with Crippen molar-refractivity contribution in [2.75, 3.05) is 13.3 Å². The van der Waals surface area contributed by atoms with Crippen LogP contribution in [0.4, 0.5) is 0 Å². The van der Waals surface area contributed by atoms with E-state index in [4.69, 9.17) is 15.8 Å². The van der Waals surface area contributed by atoms with Crippen LogP contribution in [0.25, 0.3) is 20.9 Å². The molecule has 2 atom stereocenters. The highest BCUT2D eigenvalue weighted by Crippen LogP contribution is 2.39. The third kappa shape index (κ3) is 3.99. The lowest BCUT2D eigenvalue weighted by atomic mass is 9.76. The first-order valence-electron chi connectivity index (χ1n) is 7.58. The van der Waals surface area contributed by atoms with Gasteiger partial charge in [-0.2, -0.15) is 5.26 Å². The molecule has 0 saturated heterocycles. The second-order valence-corrected chi connectivity index (χ2v) is 5.37. The number of allylic oxidation sites excluding steroid dienone is 1. The van der Waals surface area contributed by atoms with Crippen LogP contribution in [-0.2, 0) is 5.54 Å². The molecule has 0 radical (unpaired) electrons. The van der Waals surface area contributed by atoms with Crippen LogP contribution in [0.2, 0.25) is 0 Å². The molecule has 1 aromatic rings. The maximum Gasteiger partial charge on any atom is 0.219 e. The molecule has 1 aliphatic carbocycles. The average molecular weight is 350 g/mol. The summed E-state index contributed by atoms with van der Waals surface area (Å²) >= 11 is 0. The zero-order chi connectivity index (χ0) is 18.8. The van der Waals surface area contributed by atoms with Crippen LogP contribution in [0.3, 0.4) is 0 Å². The van der Waals surface area contributed by atoms with Crippen molar-refractivity contribution in [2.45, 2.75) is 12.0 Å². The van der Waals surface area contributed by atoms with Crippen molar-refractivity contribution >= 4 is 0 Å². The lowest BCUT2D eigenvalue weighted by Gasteiger charge is -2.28. The Morgan fingerprint density at radius 1 is 1.27 bits per heavy atom. The predicted octanol–water partition coefficient (Wildman–Crippen LogP) is 4.63. The Labute approximate surface area is 148 Å². The molecule has 2 rings (SSSR count). The van der Waals surface area contributed by atoms with Gasteiger partial charge in [0, 0.05) is 15.7 Å². The minimum Gasteiger partial charge on any atom is -0.488 e. The molecule has 1 aromatic carbocycles. The number of rotatable bonds is 8. The third-order valence-corrected chi connectivity index (χ3v) is 3.99. The van der Waals surface area contributed by atoms with Crippen LogP contribution >= 0.6 is 0 Å². The van der Waals surface area contributed by atoms with E-state index in [2.05, 4.69) is 25.2 Å². The highest BCUT2D eigenvalue weighted by atomic mass is 16.5. The quantitative estimate of drug-likeness (QED) is 0.289. The lowest BCUT2D eigenvalue weighted by molar-refractivity contribution is 0.328. The fraction of sp³-hybridized carbons (Fsp3) is 0.312. The molecule has 1 aliphatic rings. The van der Waals surface area contributed by atoms with Gasteiger partial charge in [-0.3, -0.25) is 0 Å². The van der Waals surface area contributed by atoms with Crippen molar-refractivity contribution in [3.8, 4) is 11.8 Å². The first-order chi connectivity index (χ1) is 12.7. The fourth-order valence-corrected chi connectivity index (χ4v) is 2.64. The summed E-state index contributed by atoms with van der Waals surface area (Å²) in [5, 5.41) is 19.6. The van der Waals surface area contributed by atoms with Crippen LogP contribution in [0.5, 0.6) is 5.75 Å². The molecule has 130 valence electrons. The maximum absolute atomic E-state index is 11.6. The van der Waals surface area contributed by atoms with Gasteiger partial charge < -0.3 is 4.74 Å². The number of azide groups is 2. The van der Waals surface area contributed by atoms with E-state index in [9.17, 15) is 10.2 Å². The highest BCUT2D eigenvalue weighted by molar-refractivity contribution is 5.40. The molecule has 0 bridgehead atoms. The van der Waals surface area contributed by atoms with Gasteiger partial charge in [-0.1, -0.05) is 40.6 Å². The van der Waals surface area contributed by atoms with E-state index in [0.29, 0.717) is 17.7 Å². The summed E-state index contributed by atoms with van der Waals surface area (Å²) in [7, 11) is 0. The van der Waals surface area contributed by atoms with Gasteiger partial charge in [0.25, 0.3) is 0 Å². The minimum absolute atomic E-state index is 0.157. The molecule has 10 heteroatoms. The molecular formula is C16H14N8O2. The Balaban J connectivity index is 2.22. The molecule has 0 aromatic heterocycles. The first-order valence-corrected chi connectivity index (χ1v) is 7.58. The van der Waals surface area contributed by atoms with Crippen molar-refractivity contribution in [1.82, 2.24) is 0 Å². The molecule has 26 heavy (non-hydrogen) atoms. The third-order valence-electron chi connectivity index (χ3n) is 3.99. The smallest absolute Gasteiger partial charge is 0.219 e. The van der Waals surface area contributed by atoms with Crippen molar-refractivity contribution in [3.05, 3.63) is 79.4 Å². The van der Waals surface area contributed by atoms with E-state index in [1.807, 2.05) is 12.1 Å². The second kappa shape index (κ2) is 8.89. The van der Waals surface area contributed by atoms with Crippen LogP contribution in [0.15, 0.2) is 63.5 Å². The Bertz CT molecular complexity index is 857. The Hall–Kier alpha value is -3.79. The number of nitriles is 1. The van der Waals surface area contributed by atoms with E-state index in [1.165, 1.54) is 0 Å². The largest absolute Gasteiger partial charge is 0.488 e. The molecule has 0 amide bonds. The molecule has 0 fully saturated rings. The van der Waals surface area contributed by atoms with Gasteiger partial charge >= 0.3 is 0 Å². The summed E-state index contributed by atoms with van der Waals surface area (Å²) in [4.78, 5) is 16.9. The number of benzene rings is 1. The topological polar surface area (TPSA) is 160 Å². The van der Waals surface area contributed by atoms with Gasteiger partial charge in [-0.05, 0) is 45.9 Å². The van der Waals surface area contributed by atoms with Gasteiger partial charge in [0.05, 0.1) is 6.54 Å². The zero-order valence-corrected chi connectivity index (χ0v) is 13.6. The highest BCUT2D eigenvalue weighted by Gasteiger charge is 2.42. The Kier molecular flexibility index (Phi) is 6.34. The van der Waals surface area contributed by atoms with E-state index < -0.39 is 11.5 Å². The van der Waals surface area contributed by atoms with E-state index in [1.54, 1.807) is 36.4 Å². The Morgan fingerprint density at radius 2 is 2.00 bits per heavy atom. The second-order valence-electron chi connectivity index (χ2n) is 5.37. The number of hydrogen-bond acceptors (Lipinski definition) is 6. The van der Waals surface area contributed by atoms with E-state index in [-0.39, 0.29) is 13.3 Å². The van der Waals surface area contributed by atoms with Gasteiger partial charge in [0.2, 0.25) is 5.54 Å². The van der Waals surface area contributed by atoms with Crippen LogP contribution in [-0.4, -0.2) is 13.3 Å². The lowest BCUT2D eigenvalue weighted by Crippen LogP contribution is -2.31. The van der Waals surface area contributed by atoms with Gasteiger partial charge in [-0.25, -0.2) is 0 Å². The SMILES string of the molecule is N#CC(N=O)(c1ccc(OCN=[N+]=[N-])cc1)C1C=CC(CN=[N+]=[N-])=CC1. The summed E-state index contributed by atoms with van der Waals surface area (Å²) in [5.74, 6) is -0.00982. The normalized spacial score (nSPS) is 17.5. The summed E-state index contributed by atoms with van der Waals surface area (Å²) in [6.45, 7) is 0.0558. The maximum atomic E-state index is 11.6. The molecule has 0 aliphatic heterocycles. The molecule has 10 nitrogen and oxygen atoms in total. The van der Waals surface area contributed by atoms with Crippen molar-refractivity contribution < 1.29 is 4.74 Å². The molecule has 0 heterocycles. The predicted molar refractivity (Wildman–Crippen MR) is 93.5 cm³/mol. The van der Waals surface area contributed by atoms with Crippen molar-refractivity contribution in [1.29, 1.82) is 5.26 Å². The van der Waals surface area contributed by atoms with E-state index >= 15 is 0 Å². The number of nitroso groups, excluding NO2 is 1. The van der Waals surface area contributed by atoms with Gasteiger partial charge in [0.1, 0.15) is 11.8 Å². The standard InChI is InChI=1S/C16H14N8O2/c17-10-16(22-25,13-3-1-12(2-4-13)9-20-23-18)14-5-7-15(8-6-14)26-11-21-24-19/h1-3,5-8,13H,4,9,11H2. The van der Waals surface area contributed by atoms with Gasteiger partial charge in [0.15, 0.2) is 6.73 Å². The number of ether oxygens (including phenoxy) is 1. The van der Waals surface area contributed by atoms with E-state index in [0.717, 1.165) is 5.57 Å². The monoisotopic (exact) mass is 350 g/mol. The molecule has 0 spiro atoms. The summed E-state index contributed by atoms with van der Waals surface area (Å²) in [5.41, 5.74) is 16.3. The summed E-state index contributed by atoms with van der Waals surface area (Å²) in [6, 6.07) is 8.36. The van der Waals surface area contributed by atoms with Crippen LogP contribution in [0, 0.1) is 22.2 Å². The molecule has 0 N–H and O–H groups in total. The number of nitrogens with zero attached hydrogens (tertiary/aromatic N) is 8.